The summed E-state index contributed by atoms with van der Waals surface area (Å²) in [5, 5.41) is 8.24. The van der Waals surface area contributed by atoms with Crippen molar-refractivity contribution < 1.29 is 4.42 Å². The number of halogens is 1. The standard InChI is InChI=1S/C14H16BrN3O/c1-18(8-10-6-7-10)9-13-16-17-14(19-13)11-4-2-3-5-12(11)15/h2-5,10H,6-9H2,1H3. The summed E-state index contributed by atoms with van der Waals surface area (Å²) in [5.41, 5.74) is 0.936. The van der Waals surface area contributed by atoms with Crippen LogP contribution in [0, 0.1) is 5.92 Å². The summed E-state index contributed by atoms with van der Waals surface area (Å²) >= 11 is 3.50. The van der Waals surface area contributed by atoms with Gasteiger partial charge in [-0.2, -0.15) is 0 Å². The van der Waals surface area contributed by atoms with Gasteiger partial charge in [-0.1, -0.05) is 12.1 Å². The number of hydrogen-bond acceptors (Lipinski definition) is 4. The van der Waals surface area contributed by atoms with Crippen LogP contribution in [0.4, 0.5) is 0 Å². The third-order valence-corrected chi connectivity index (χ3v) is 3.93. The first kappa shape index (κ1) is 12.8. The van der Waals surface area contributed by atoms with Crippen LogP contribution in [0.5, 0.6) is 0 Å². The predicted octanol–water partition coefficient (Wildman–Crippen LogP) is 3.34. The third-order valence-electron chi connectivity index (χ3n) is 3.24. The summed E-state index contributed by atoms with van der Waals surface area (Å²) in [6.07, 6.45) is 2.72. The quantitative estimate of drug-likeness (QED) is 0.847. The fraction of sp³-hybridized carbons (Fsp3) is 0.429. The monoisotopic (exact) mass is 321 g/mol. The lowest BCUT2D eigenvalue weighted by Crippen LogP contribution is -2.20. The summed E-state index contributed by atoms with van der Waals surface area (Å²) in [5.74, 6) is 2.12. The van der Waals surface area contributed by atoms with Crippen LogP contribution in [-0.4, -0.2) is 28.7 Å². The molecule has 0 amide bonds. The van der Waals surface area contributed by atoms with Crippen molar-refractivity contribution in [1.29, 1.82) is 0 Å². The number of hydrogen-bond donors (Lipinski definition) is 0. The Morgan fingerprint density at radius 3 is 2.84 bits per heavy atom. The van der Waals surface area contributed by atoms with E-state index in [-0.39, 0.29) is 0 Å². The molecule has 0 unspecified atom stereocenters. The van der Waals surface area contributed by atoms with Crippen LogP contribution in [0.2, 0.25) is 0 Å². The molecule has 2 aromatic rings. The van der Waals surface area contributed by atoms with Crippen molar-refractivity contribution in [1.82, 2.24) is 15.1 Å². The first-order chi connectivity index (χ1) is 9.22. The summed E-state index contributed by atoms with van der Waals surface area (Å²) in [6.45, 7) is 1.83. The van der Waals surface area contributed by atoms with Crippen molar-refractivity contribution in [2.45, 2.75) is 19.4 Å². The third kappa shape index (κ3) is 3.22. The Kier molecular flexibility index (Phi) is 3.66. The van der Waals surface area contributed by atoms with E-state index in [1.165, 1.54) is 12.8 Å². The lowest BCUT2D eigenvalue weighted by Gasteiger charge is -2.12. The van der Waals surface area contributed by atoms with Gasteiger partial charge in [-0.25, -0.2) is 0 Å². The molecule has 1 heterocycles. The average molecular weight is 322 g/mol. The summed E-state index contributed by atoms with van der Waals surface area (Å²) in [7, 11) is 2.10. The molecular formula is C14H16BrN3O. The fourth-order valence-electron chi connectivity index (χ4n) is 2.10. The first-order valence-electron chi connectivity index (χ1n) is 6.48. The molecule has 1 aromatic carbocycles. The second-order valence-electron chi connectivity index (χ2n) is 5.12. The molecule has 5 heteroatoms. The normalized spacial score (nSPS) is 15.1. The topological polar surface area (TPSA) is 42.2 Å². The Labute approximate surface area is 121 Å². The molecule has 0 bridgehead atoms. The van der Waals surface area contributed by atoms with Crippen LogP contribution in [0.25, 0.3) is 11.5 Å². The summed E-state index contributed by atoms with van der Waals surface area (Å²) in [4.78, 5) is 2.25. The highest BCUT2D eigenvalue weighted by atomic mass is 79.9. The minimum Gasteiger partial charge on any atom is -0.419 e. The van der Waals surface area contributed by atoms with Crippen molar-refractivity contribution in [3.05, 3.63) is 34.6 Å². The van der Waals surface area contributed by atoms with E-state index in [4.69, 9.17) is 4.42 Å². The Morgan fingerprint density at radius 1 is 1.32 bits per heavy atom. The zero-order valence-electron chi connectivity index (χ0n) is 10.8. The largest absolute Gasteiger partial charge is 0.419 e. The van der Waals surface area contributed by atoms with Crippen molar-refractivity contribution >= 4 is 15.9 Å². The number of benzene rings is 1. The molecular weight excluding hydrogens is 306 g/mol. The van der Waals surface area contributed by atoms with E-state index in [1.54, 1.807) is 0 Å². The second-order valence-corrected chi connectivity index (χ2v) is 5.98. The Morgan fingerprint density at radius 2 is 2.11 bits per heavy atom. The molecule has 0 aliphatic heterocycles. The Bertz CT molecular complexity index is 565. The molecule has 1 aromatic heterocycles. The lowest BCUT2D eigenvalue weighted by atomic mass is 10.2. The average Bonchev–Trinajstić information content (AvgIpc) is 3.07. The van der Waals surface area contributed by atoms with Crippen molar-refractivity contribution in [2.24, 2.45) is 5.92 Å². The van der Waals surface area contributed by atoms with E-state index in [0.29, 0.717) is 18.3 Å². The van der Waals surface area contributed by atoms with Gasteiger partial charge in [-0.15, -0.1) is 10.2 Å². The van der Waals surface area contributed by atoms with Gasteiger partial charge in [0.05, 0.1) is 12.1 Å². The molecule has 100 valence electrons. The molecule has 1 aliphatic rings. The predicted molar refractivity (Wildman–Crippen MR) is 76.5 cm³/mol. The zero-order chi connectivity index (χ0) is 13.2. The maximum Gasteiger partial charge on any atom is 0.248 e. The van der Waals surface area contributed by atoms with Gasteiger partial charge in [-0.3, -0.25) is 4.90 Å². The Balaban J connectivity index is 1.70. The molecule has 1 fully saturated rings. The highest BCUT2D eigenvalue weighted by Gasteiger charge is 2.23. The van der Waals surface area contributed by atoms with Gasteiger partial charge in [0.25, 0.3) is 0 Å². The van der Waals surface area contributed by atoms with Gasteiger partial charge in [0.1, 0.15) is 0 Å². The van der Waals surface area contributed by atoms with Crippen molar-refractivity contribution in [2.75, 3.05) is 13.6 Å². The molecule has 0 atom stereocenters. The first-order valence-corrected chi connectivity index (χ1v) is 7.27. The van der Waals surface area contributed by atoms with E-state index in [0.717, 1.165) is 22.5 Å². The Hall–Kier alpha value is -1.20. The van der Waals surface area contributed by atoms with E-state index >= 15 is 0 Å². The molecule has 0 spiro atoms. The van der Waals surface area contributed by atoms with Gasteiger partial charge in [-0.05, 0) is 53.9 Å². The highest BCUT2D eigenvalue weighted by Crippen LogP contribution is 2.30. The van der Waals surface area contributed by atoms with Crippen LogP contribution in [0.1, 0.15) is 18.7 Å². The van der Waals surface area contributed by atoms with Gasteiger partial charge in [0, 0.05) is 11.0 Å². The SMILES string of the molecule is CN(Cc1nnc(-c2ccccc2Br)o1)CC1CC1. The van der Waals surface area contributed by atoms with Gasteiger partial charge in [0.2, 0.25) is 11.8 Å². The highest BCUT2D eigenvalue weighted by molar-refractivity contribution is 9.10. The zero-order valence-corrected chi connectivity index (χ0v) is 12.4. The van der Waals surface area contributed by atoms with Gasteiger partial charge < -0.3 is 4.42 Å². The van der Waals surface area contributed by atoms with Crippen molar-refractivity contribution in [3.63, 3.8) is 0 Å². The second kappa shape index (κ2) is 5.43. The molecule has 0 saturated heterocycles. The molecule has 19 heavy (non-hydrogen) atoms. The number of nitrogens with zero attached hydrogens (tertiary/aromatic N) is 3. The van der Waals surface area contributed by atoms with Crippen LogP contribution in [-0.2, 0) is 6.54 Å². The van der Waals surface area contributed by atoms with Crippen LogP contribution < -0.4 is 0 Å². The molecule has 0 radical (unpaired) electrons. The minimum absolute atomic E-state index is 0.572. The minimum atomic E-state index is 0.572. The molecule has 4 nitrogen and oxygen atoms in total. The van der Waals surface area contributed by atoms with E-state index in [2.05, 4.69) is 38.1 Å². The molecule has 0 N–H and O–H groups in total. The summed E-state index contributed by atoms with van der Waals surface area (Å²) < 4.78 is 6.70. The molecule has 1 saturated carbocycles. The maximum absolute atomic E-state index is 5.73. The fourth-order valence-corrected chi connectivity index (χ4v) is 2.55. The van der Waals surface area contributed by atoms with Crippen LogP contribution >= 0.6 is 15.9 Å². The summed E-state index contributed by atoms with van der Waals surface area (Å²) in [6, 6.07) is 7.87. The molecule has 1 aliphatic carbocycles. The van der Waals surface area contributed by atoms with Gasteiger partial charge >= 0.3 is 0 Å². The number of rotatable bonds is 5. The van der Waals surface area contributed by atoms with E-state index in [1.807, 2.05) is 24.3 Å². The van der Waals surface area contributed by atoms with E-state index < -0.39 is 0 Å². The number of aromatic nitrogens is 2. The molecule has 3 rings (SSSR count). The van der Waals surface area contributed by atoms with Crippen LogP contribution in [0.15, 0.2) is 33.2 Å². The van der Waals surface area contributed by atoms with Crippen molar-refractivity contribution in [3.8, 4) is 11.5 Å². The van der Waals surface area contributed by atoms with Gasteiger partial charge in [0.15, 0.2) is 0 Å². The van der Waals surface area contributed by atoms with Crippen LogP contribution in [0.3, 0.4) is 0 Å². The lowest BCUT2D eigenvalue weighted by molar-refractivity contribution is 0.279. The smallest absolute Gasteiger partial charge is 0.248 e. The van der Waals surface area contributed by atoms with E-state index in [9.17, 15) is 0 Å². The maximum atomic E-state index is 5.73.